The third-order valence-corrected chi connectivity index (χ3v) is 4.80. The van der Waals surface area contributed by atoms with Gasteiger partial charge in [-0.05, 0) is 45.7 Å². The zero-order valence-corrected chi connectivity index (χ0v) is 15.1. The summed E-state index contributed by atoms with van der Waals surface area (Å²) in [6, 6.07) is 2.13. The van der Waals surface area contributed by atoms with Gasteiger partial charge < -0.3 is 10.2 Å². The first-order valence-electron chi connectivity index (χ1n) is 8.83. The summed E-state index contributed by atoms with van der Waals surface area (Å²) in [6.07, 6.45) is 3.22. The van der Waals surface area contributed by atoms with Crippen molar-refractivity contribution in [3.05, 3.63) is 23.0 Å². The van der Waals surface area contributed by atoms with E-state index in [-0.39, 0.29) is 11.9 Å². The maximum absolute atomic E-state index is 12.9. The van der Waals surface area contributed by atoms with Crippen LogP contribution in [0.15, 0.2) is 6.07 Å². The van der Waals surface area contributed by atoms with E-state index in [1.807, 2.05) is 27.0 Å². The minimum absolute atomic E-state index is 0.00413. The van der Waals surface area contributed by atoms with E-state index in [1.54, 1.807) is 4.68 Å². The molecule has 1 aliphatic heterocycles. The molecule has 0 unspecified atom stereocenters. The van der Waals surface area contributed by atoms with E-state index in [1.165, 1.54) is 6.42 Å². The van der Waals surface area contributed by atoms with Crippen LogP contribution >= 0.6 is 0 Å². The molecule has 130 valence electrons. The molecule has 0 bridgehead atoms. The quantitative estimate of drug-likeness (QED) is 0.934. The number of aryl methyl sites for hydroxylation is 3. The summed E-state index contributed by atoms with van der Waals surface area (Å²) in [6.45, 7) is 9.34. The Hall–Kier alpha value is -1.95. The summed E-state index contributed by atoms with van der Waals surface area (Å²) in [5, 5.41) is 8.51. The molecule has 0 radical (unpaired) electrons. The van der Waals surface area contributed by atoms with Gasteiger partial charge in [-0.15, -0.1) is 0 Å². The maximum Gasteiger partial charge on any atom is 0.252 e. The fraction of sp³-hybridized carbons (Fsp3) is 0.611. The van der Waals surface area contributed by atoms with Crippen LogP contribution in [0, 0.1) is 13.8 Å². The molecule has 1 amide bonds. The molecular formula is C18H27N5O. The van der Waals surface area contributed by atoms with Crippen molar-refractivity contribution >= 4 is 16.9 Å². The fourth-order valence-corrected chi connectivity index (χ4v) is 3.63. The van der Waals surface area contributed by atoms with E-state index < -0.39 is 0 Å². The normalized spacial score (nSPS) is 16.7. The molecule has 3 heterocycles. The third-order valence-electron chi connectivity index (χ3n) is 4.80. The van der Waals surface area contributed by atoms with Crippen molar-refractivity contribution in [3.8, 4) is 0 Å². The molecule has 2 aromatic rings. The molecule has 3 rings (SSSR count). The number of piperidine rings is 1. The van der Waals surface area contributed by atoms with Crippen LogP contribution in [0.4, 0.5) is 0 Å². The Balaban J connectivity index is 1.78. The molecule has 1 saturated heterocycles. The molecule has 0 spiro atoms. The van der Waals surface area contributed by atoms with Crippen LogP contribution in [0.2, 0.25) is 0 Å². The van der Waals surface area contributed by atoms with Crippen LogP contribution in [0.1, 0.15) is 47.9 Å². The number of hydrogen-bond donors (Lipinski definition) is 1. The van der Waals surface area contributed by atoms with Crippen LogP contribution in [-0.4, -0.2) is 51.2 Å². The van der Waals surface area contributed by atoms with Crippen molar-refractivity contribution < 1.29 is 4.79 Å². The number of hydrogen-bond acceptors (Lipinski definition) is 4. The Kier molecular flexibility index (Phi) is 4.85. The van der Waals surface area contributed by atoms with Crippen LogP contribution in [0.3, 0.4) is 0 Å². The summed E-state index contributed by atoms with van der Waals surface area (Å²) in [7, 11) is 1.87. The van der Waals surface area contributed by atoms with Gasteiger partial charge in [0, 0.05) is 31.9 Å². The minimum atomic E-state index is -0.00413. The minimum Gasteiger partial charge on any atom is -0.349 e. The van der Waals surface area contributed by atoms with Gasteiger partial charge in [0.05, 0.1) is 16.6 Å². The maximum atomic E-state index is 12.9. The van der Waals surface area contributed by atoms with Gasteiger partial charge in [0.1, 0.15) is 0 Å². The predicted octanol–water partition coefficient (Wildman–Crippen LogP) is 2.19. The summed E-state index contributed by atoms with van der Waals surface area (Å²) in [5.74, 6) is -0.00413. The molecule has 1 N–H and O–H groups in total. The Bertz CT molecular complexity index is 743. The fourth-order valence-electron chi connectivity index (χ4n) is 3.63. The Morgan fingerprint density at radius 3 is 2.71 bits per heavy atom. The van der Waals surface area contributed by atoms with Gasteiger partial charge in [0.25, 0.3) is 5.91 Å². The van der Waals surface area contributed by atoms with E-state index in [4.69, 9.17) is 0 Å². The van der Waals surface area contributed by atoms with Gasteiger partial charge >= 0.3 is 0 Å². The molecule has 6 heteroatoms. The lowest BCUT2D eigenvalue weighted by Gasteiger charge is -2.32. The van der Waals surface area contributed by atoms with Gasteiger partial charge in [0.15, 0.2) is 5.65 Å². The SMILES string of the molecule is CCCN1CCC(NC(=O)c2cc(C)nc3c2c(C)nn3C)CC1. The summed E-state index contributed by atoms with van der Waals surface area (Å²) in [4.78, 5) is 19.9. The number of pyridine rings is 1. The van der Waals surface area contributed by atoms with Crippen LogP contribution in [-0.2, 0) is 7.05 Å². The van der Waals surface area contributed by atoms with Crippen molar-refractivity contribution in [1.82, 2.24) is 25.0 Å². The average Bonchev–Trinajstić information content (AvgIpc) is 2.83. The number of likely N-dealkylation sites (tertiary alicyclic amines) is 1. The Morgan fingerprint density at radius 1 is 1.33 bits per heavy atom. The van der Waals surface area contributed by atoms with E-state index >= 15 is 0 Å². The number of nitrogens with zero attached hydrogens (tertiary/aromatic N) is 4. The van der Waals surface area contributed by atoms with Crippen molar-refractivity contribution in [3.63, 3.8) is 0 Å². The topological polar surface area (TPSA) is 63.1 Å². The van der Waals surface area contributed by atoms with E-state index in [0.29, 0.717) is 5.56 Å². The first-order valence-corrected chi connectivity index (χ1v) is 8.83. The van der Waals surface area contributed by atoms with E-state index in [2.05, 4.69) is 27.2 Å². The number of fused-ring (bicyclic) bond motifs is 1. The number of amides is 1. The highest BCUT2D eigenvalue weighted by Crippen LogP contribution is 2.22. The molecular weight excluding hydrogens is 302 g/mol. The van der Waals surface area contributed by atoms with Crippen LogP contribution < -0.4 is 5.32 Å². The highest BCUT2D eigenvalue weighted by molar-refractivity contribution is 6.06. The second kappa shape index (κ2) is 6.89. The molecule has 1 aliphatic rings. The van der Waals surface area contributed by atoms with Crippen LogP contribution in [0.25, 0.3) is 11.0 Å². The molecule has 6 nitrogen and oxygen atoms in total. The van der Waals surface area contributed by atoms with E-state index in [0.717, 1.165) is 54.9 Å². The van der Waals surface area contributed by atoms with Crippen molar-refractivity contribution in [1.29, 1.82) is 0 Å². The second-order valence-electron chi connectivity index (χ2n) is 6.81. The monoisotopic (exact) mass is 329 g/mol. The lowest BCUT2D eigenvalue weighted by atomic mass is 10.0. The highest BCUT2D eigenvalue weighted by atomic mass is 16.1. The number of carbonyl (C=O) groups excluding carboxylic acids is 1. The first kappa shape index (κ1) is 16.9. The number of aromatic nitrogens is 3. The predicted molar refractivity (Wildman–Crippen MR) is 95.2 cm³/mol. The molecule has 1 fully saturated rings. The molecule has 2 aromatic heterocycles. The number of nitrogens with one attached hydrogen (secondary N) is 1. The highest BCUT2D eigenvalue weighted by Gasteiger charge is 2.23. The lowest BCUT2D eigenvalue weighted by Crippen LogP contribution is -2.44. The molecule has 24 heavy (non-hydrogen) atoms. The summed E-state index contributed by atoms with van der Waals surface area (Å²) < 4.78 is 1.75. The van der Waals surface area contributed by atoms with Gasteiger partial charge in [-0.1, -0.05) is 6.92 Å². The Morgan fingerprint density at radius 2 is 2.04 bits per heavy atom. The molecule has 0 aromatic carbocycles. The van der Waals surface area contributed by atoms with Crippen molar-refractivity contribution in [2.45, 2.75) is 46.1 Å². The van der Waals surface area contributed by atoms with Gasteiger partial charge in [-0.25, -0.2) is 4.98 Å². The molecule has 0 aliphatic carbocycles. The van der Waals surface area contributed by atoms with Crippen molar-refractivity contribution in [2.24, 2.45) is 7.05 Å². The Labute approximate surface area is 143 Å². The summed E-state index contributed by atoms with van der Waals surface area (Å²) >= 11 is 0. The van der Waals surface area contributed by atoms with Gasteiger partial charge in [-0.3, -0.25) is 9.48 Å². The standard InChI is InChI=1S/C18H27N5O/c1-5-8-23-9-6-14(7-10-23)20-18(24)15-11-12(2)19-17-16(15)13(3)21-22(17)4/h11,14H,5-10H2,1-4H3,(H,20,24). The average molecular weight is 329 g/mol. The van der Waals surface area contributed by atoms with Crippen LogP contribution in [0.5, 0.6) is 0 Å². The van der Waals surface area contributed by atoms with Gasteiger partial charge in [0.2, 0.25) is 0 Å². The summed E-state index contributed by atoms with van der Waals surface area (Å²) in [5.41, 5.74) is 3.16. The first-order chi connectivity index (χ1) is 11.5. The van der Waals surface area contributed by atoms with E-state index in [9.17, 15) is 4.79 Å². The molecule has 0 atom stereocenters. The third kappa shape index (κ3) is 3.29. The van der Waals surface area contributed by atoms with Crippen molar-refractivity contribution in [2.75, 3.05) is 19.6 Å². The zero-order chi connectivity index (χ0) is 17.3. The smallest absolute Gasteiger partial charge is 0.252 e. The lowest BCUT2D eigenvalue weighted by molar-refractivity contribution is 0.0912. The van der Waals surface area contributed by atoms with Gasteiger partial charge in [-0.2, -0.15) is 5.10 Å². The molecule has 0 saturated carbocycles. The second-order valence-corrected chi connectivity index (χ2v) is 6.81. The number of carbonyl (C=O) groups is 1. The largest absolute Gasteiger partial charge is 0.349 e. The zero-order valence-electron chi connectivity index (χ0n) is 15.1. The number of rotatable bonds is 4.